The number of hydrogen-bond donors (Lipinski definition) is 1. The van der Waals surface area contributed by atoms with Gasteiger partial charge in [0.15, 0.2) is 0 Å². The molecule has 29 heavy (non-hydrogen) atoms. The van der Waals surface area contributed by atoms with E-state index >= 15 is 0 Å². The van der Waals surface area contributed by atoms with Crippen molar-refractivity contribution in [1.29, 1.82) is 0 Å². The van der Waals surface area contributed by atoms with Gasteiger partial charge in [0, 0.05) is 29.5 Å². The van der Waals surface area contributed by atoms with Gasteiger partial charge < -0.3 is 10.0 Å². The van der Waals surface area contributed by atoms with Gasteiger partial charge in [0.05, 0.1) is 11.6 Å². The summed E-state index contributed by atoms with van der Waals surface area (Å²) in [6, 6.07) is 18.8. The third-order valence-electron chi connectivity index (χ3n) is 4.88. The standard InChI is InChI=1S/C23H17ClN2O3/c24-18-8-6-16(7-9-18)20-19(21(27)17-10-12-25-13-11-17)22(28)23(29)26(20)14-15-4-2-1-3-5-15/h1-13,20,27H,14H2. The van der Waals surface area contributed by atoms with Gasteiger partial charge in [-0.3, -0.25) is 14.6 Å². The molecule has 2 aromatic carbocycles. The molecule has 1 N–H and O–H groups in total. The van der Waals surface area contributed by atoms with E-state index in [1.165, 1.54) is 17.3 Å². The van der Waals surface area contributed by atoms with Crippen LogP contribution >= 0.6 is 11.6 Å². The average molecular weight is 405 g/mol. The first-order valence-corrected chi connectivity index (χ1v) is 9.42. The average Bonchev–Trinajstić information content (AvgIpc) is 3.00. The predicted octanol–water partition coefficient (Wildman–Crippen LogP) is 4.36. The number of amides is 1. The maximum absolute atomic E-state index is 12.9. The lowest BCUT2D eigenvalue weighted by Gasteiger charge is -2.25. The van der Waals surface area contributed by atoms with Gasteiger partial charge in [-0.2, -0.15) is 0 Å². The smallest absolute Gasteiger partial charge is 0.295 e. The van der Waals surface area contributed by atoms with Crippen molar-refractivity contribution in [3.05, 3.63) is 106 Å². The number of aliphatic hydroxyl groups is 1. The minimum atomic E-state index is -0.722. The number of likely N-dealkylation sites (tertiary alicyclic amines) is 1. The SMILES string of the molecule is O=C1C(=O)N(Cc2ccccc2)C(c2ccc(Cl)cc2)C1=C(O)c1ccncc1. The van der Waals surface area contributed by atoms with Gasteiger partial charge in [0.2, 0.25) is 0 Å². The first-order chi connectivity index (χ1) is 14.1. The molecule has 0 spiro atoms. The Kier molecular flexibility index (Phi) is 5.14. The normalized spacial score (nSPS) is 18.2. The molecule has 4 rings (SSSR count). The van der Waals surface area contributed by atoms with Crippen LogP contribution in [0.5, 0.6) is 0 Å². The number of nitrogens with zero attached hydrogens (tertiary/aromatic N) is 2. The molecular formula is C23H17ClN2O3. The van der Waals surface area contributed by atoms with Crippen LogP contribution in [0.3, 0.4) is 0 Å². The van der Waals surface area contributed by atoms with Crippen molar-refractivity contribution in [3.8, 4) is 0 Å². The second kappa shape index (κ2) is 7.89. The summed E-state index contributed by atoms with van der Waals surface area (Å²) in [6.07, 6.45) is 3.04. The number of halogens is 1. The highest BCUT2D eigenvalue weighted by Gasteiger charge is 2.46. The Bertz CT molecular complexity index is 1080. The zero-order valence-electron chi connectivity index (χ0n) is 15.3. The van der Waals surface area contributed by atoms with Crippen molar-refractivity contribution in [2.45, 2.75) is 12.6 Å². The van der Waals surface area contributed by atoms with Gasteiger partial charge in [0.1, 0.15) is 5.76 Å². The molecule has 6 heteroatoms. The fourth-order valence-corrected chi connectivity index (χ4v) is 3.61. The van der Waals surface area contributed by atoms with E-state index in [0.717, 1.165) is 5.56 Å². The minimum absolute atomic E-state index is 0.0550. The van der Waals surface area contributed by atoms with Gasteiger partial charge in [-0.15, -0.1) is 0 Å². The number of benzene rings is 2. The van der Waals surface area contributed by atoms with E-state index in [9.17, 15) is 14.7 Å². The van der Waals surface area contributed by atoms with Crippen LogP contribution in [0.2, 0.25) is 5.02 Å². The van der Waals surface area contributed by atoms with E-state index in [4.69, 9.17) is 11.6 Å². The van der Waals surface area contributed by atoms with E-state index in [1.807, 2.05) is 30.3 Å². The molecule has 5 nitrogen and oxygen atoms in total. The number of ketones is 1. The number of aliphatic hydroxyl groups excluding tert-OH is 1. The molecule has 0 radical (unpaired) electrons. The minimum Gasteiger partial charge on any atom is -0.507 e. The van der Waals surface area contributed by atoms with Gasteiger partial charge in [0.25, 0.3) is 11.7 Å². The summed E-state index contributed by atoms with van der Waals surface area (Å²) < 4.78 is 0. The Hall–Kier alpha value is -3.44. The molecule has 1 unspecified atom stereocenters. The van der Waals surface area contributed by atoms with Crippen molar-refractivity contribution in [3.63, 3.8) is 0 Å². The largest absolute Gasteiger partial charge is 0.507 e. The first-order valence-electron chi connectivity index (χ1n) is 9.04. The lowest BCUT2D eigenvalue weighted by molar-refractivity contribution is -0.140. The fraction of sp³-hybridized carbons (Fsp3) is 0.0870. The van der Waals surface area contributed by atoms with Crippen molar-refractivity contribution in [1.82, 2.24) is 9.88 Å². The molecule has 1 amide bonds. The molecule has 0 bridgehead atoms. The Labute approximate surface area is 172 Å². The molecule has 144 valence electrons. The summed E-state index contributed by atoms with van der Waals surface area (Å²) in [5, 5.41) is 11.4. The predicted molar refractivity (Wildman–Crippen MR) is 110 cm³/mol. The topological polar surface area (TPSA) is 70.5 Å². The summed E-state index contributed by atoms with van der Waals surface area (Å²) in [5.74, 6) is -1.58. The Morgan fingerprint density at radius 2 is 1.62 bits per heavy atom. The Morgan fingerprint density at radius 1 is 0.966 bits per heavy atom. The number of hydrogen-bond acceptors (Lipinski definition) is 4. The summed E-state index contributed by atoms with van der Waals surface area (Å²) in [5.41, 5.74) is 2.06. The molecular weight excluding hydrogens is 388 g/mol. The molecule has 1 atom stereocenters. The second-order valence-electron chi connectivity index (χ2n) is 6.70. The van der Waals surface area contributed by atoms with Gasteiger partial charge in [-0.25, -0.2) is 0 Å². The summed E-state index contributed by atoms with van der Waals surface area (Å²) in [4.78, 5) is 31.2. The summed E-state index contributed by atoms with van der Waals surface area (Å²) in [6.45, 7) is 0.242. The maximum Gasteiger partial charge on any atom is 0.295 e. The third kappa shape index (κ3) is 3.65. The molecule has 0 aliphatic carbocycles. The van der Waals surface area contributed by atoms with Gasteiger partial charge in [-0.05, 0) is 35.4 Å². The molecule has 1 fully saturated rings. The van der Waals surface area contributed by atoms with Crippen LogP contribution in [0.1, 0.15) is 22.7 Å². The van der Waals surface area contributed by atoms with Crippen LogP contribution < -0.4 is 0 Å². The Morgan fingerprint density at radius 3 is 2.28 bits per heavy atom. The van der Waals surface area contributed by atoms with Crippen LogP contribution in [-0.4, -0.2) is 26.7 Å². The molecule has 1 aromatic heterocycles. The van der Waals surface area contributed by atoms with Crippen LogP contribution in [0.25, 0.3) is 5.76 Å². The highest BCUT2D eigenvalue weighted by atomic mass is 35.5. The van der Waals surface area contributed by atoms with E-state index < -0.39 is 17.7 Å². The van der Waals surface area contributed by atoms with Crippen molar-refractivity contribution in [2.75, 3.05) is 0 Å². The summed E-state index contributed by atoms with van der Waals surface area (Å²) in [7, 11) is 0. The van der Waals surface area contributed by atoms with Gasteiger partial charge in [-0.1, -0.05) is 54.1 Å². The van der Waals surface area contributed by atoms with Crippen molar-refractivity contribution >= 4 is 29.1 Å². The monoisotopic (exact) mass is 404 g/mol. The van der Waals surface area contributed by atoms with E-state index in [2.05, 4.69) is 4.98 Å². The Balaban J connectivity index is 1.86. The number of rotatable bonds is 4. The van der Waals surface area contributed by atoms with E-state index in [-0.39, 0.29) is 17.9 Å². The van der Waals surface area contributed by atoms with Crippen LogP contribution in [0, 0.1) is 0 Å². The molecule has 1 aliphatic rings. The fourth-order valence-electron chi connectivity index (χ4n) is 3.48. The number of Topliss-reactive ketones (excluding diaryl/α,β-unsaturated/α-hetero) is 1. The maximum atomic E-state index is 12.9. The van der Waals surface area contributed by atoms with Crippen LogP contribution in [0.4, 0.5) is 0 Å². The highest BCUT2D eigenvalue weighted by molar-refractivity contribution is 6.46. The van der Waals surface area contributed by atoms with Gasteiger partial charge >= 0.3 is 0 Å². The highest BCUT2D eigenvalue weighted by Crippen LogP contribution is 2.40. The zero-order valence-corrected chi connectivity index (χ0v) is 16.1. The lowest BCUT2D eigenvalue weighted by Crippen LogP contribution is -2.29. The summed E-state index contributed by atoms with van der Waals surface area (Å²) >= 11 is 6.02. The third-order valence-corrected chi connectivity index (χ3v) is 5.13. The van der Waals surface area contributed by atoms with Crippen molar-refractivity contribution < 1.29 is 14.7 Å². The van der Waals surface area contributed by atoms with E-state index in [1.54, 1.807) is 36.4 Å². The quantitative estimate of drug-likeness (QED) is 0.398. The number of pyridine rings is 1. The molecule has 3 aromatic rings. The van der Waals surface area contributed by atoms with E-state index in [0.29, 0.717) is 16.1 Å². The number of carbonyl (C=O) groups is 2. The van der Waals surface area contributed by atoms with Crippen LogP contribution in [-0.2, 0) is 16.1 Å². The second-order valence-corrected chi connectivity index (χ2v) is 7.14. The molecule has 1 saturated heterocycles. The first kappa shape index (κ1) is 18.9. The molecule has 1 aliphatic heterocycles. The number of carbonyl (C=O) groups excluding carboxylic acids is 2. The lowest BCUT2D eigenvalue weighted by atomic mass is 9.95. The molecule has 0 saturated carbocycles. The van der Waals surface area contributed by atoms with Crippen LogP contribution in [0.15, 0.2) is 84.7 Å². The van der Waals surface area contributed by atoms with Crippen molar-refractivity contribution in [2.24, 2.45) is 0 Å². The molecule has 2 heterocycles. The zero-order chi connectivity index (χ0) is 20.4. The number of aromatic nitrogens is 1.